The molecule has 0 aromatic carbocycles. The van der Waals surface area contributed by atoms with E-state index >= 15 is 0 Å². The fraction of sp³-hybridized carbons (Fsp3) is 0. The molecule has 0 aliphatic heterocycles. The molecule has 2 nitrogen and oxygen atoms in total. The van der Waals surface area contributed by atoms with E-state index in [0.717, 1.165) is 0 Å². The van der Waals surface area contributed by atoms with Crippen LogP contribution in [0.25, 0.3) is 0 Å². The second kappa shape index (κ2) is 47.9. The van der Waals surface area contributed by atoms with Crippen LogP contribution >= 0.6 is 12.4 Å². The van der Waals surface area contributed by atoms with E-state index in [9.17, 15) is 0 Å². The first-order valence-electron chi connectivity index (χ1n) is 0. The zero-order valence-corrected chi connectivity index (χ0v) is 4.69. The van der Waals surface area contributed by atoms with Gasteiger partial charge in [0.15, 0.2) is 0 Å². The number of hydrogen-bond donors (Lipinski definition) is 0. The summed E-state index contributed by atoms with van der Waals surface area (Å²) in [6.07, 6.45) is 0. The first-order chi connectivity index (χ1) is 0. The van der Waals surface area contributed by atoms with E-state index in [4.69, 9.17) is 0 Å². The standard InChI is InChI=1S/Au.ClH.Li.2H2O.H/h;1H;;2*1H2;. The van der Waals surface area contributed by atoms with Crippen LogP contribution in [-0.2, 0) is 22.4 Å². The van der Waals surface area contributed by atoms with Crippen molar-refractivity contribution in [1.82, 2.24) is 0 Å². The molecule has 0 unspecified atom stereocenters. The second-order valence-electron chi connectivity index (χ2n) is 0. The van der Waals surface area contributed by atoms with Crippen LogP contribution in [0.3, 0.4) is 0 Å². The third-order valence-electron chi connectivity index (χ3n) is 0. The van der Waals surface area contributed by atoms with Gasteiger partial charge in [-0.05, 0) is 0 Å². The number of hydrogen-bond acceptors (Lipinski definition) is 0. The Hall–Kier alpha value is 1.55. The summed E-state index contributed by atoms with van der Waals surface area (Å²) < 4.78 is 0. The molecule has 0 heterocycles. The molecule has 0 fully saturated rings. The van der Waals surface area contributed by atoms with E-state index in [-0.39, 0.29) is 64.6 Å². The molecule has 5 heteroatoms. The summed E-state index contributed by atoms with van der Waals surface area (Å²) in [5.74, 6) is 0. The van der Waals surface area contributed by atoms with Gasteiger partial charge < -0.3 is 11.0 Å². The van der Waals surface area contributed by atoms with Crippen LogP contribution in [0.5, 0.6) is 0 Å². The number of halogens is 1. The summed E-state index contributed by atoms with van der Waals surface area (Å²) >= 11 is 0. The molecule has 5 heavy (non-hydrogen) atoms. The SMILES string of the molecule is Cl.O.O.[Au].[LiH]. The van der Waals surface area contributed by atoms with E-state index in [1.807, 2.05) is 0 Å². The van der Waals surface area contributed by atoms with Gasteiger partial charge in [-0.3, -0.25) is 0 Å². The minimum absolute atomic E-state index is 0. The number of rotatable bonds is 0. The summed E-state index contributed by atoms with van der Waals surface area (Å²) in [5.41, 5.74) is 0. The van der Waals surface area contributed by atoms with Gasteiger partial charge in [0.25, 0.3) is 0 Å². The average Bonchev–Trinajstić information content (AvgIpc) is 0. The Balaban J connectivity index is 0. The molecule has 0 saturated heterocycles. The summed E-state index contributed by atoms with van der Waals surface area (Å²) in [7, 11) is 0. The molecule has 0 amide bonds. The molecule has 37 valence electrons. The summed E-state index contributed by atoms with van der Waals surface area (Å²) in [4.78, 5) is 0. The molecule has 0 aliphatic rings. The summed E-state index contributed by atoms with van der Waals surface area (Å²) in [5, 5.41) is 0. The average molecular weight is 277 g/mol. The fourth-order valence-electron chi connectivity index (χ4n) is 0. The van der Waals surface area contributed by atoms with Crippen molar-refractivity contribution in [3.05, 3.63) is 0 Å². The Morgan fingerprint density at radius 1 is 0.800 bits per heavy atom. The van der Waals surface area contributed by atoms with Crippen molar-refractivity contribution in [3.63, 3.8) is 0 Å². The van der Waals surface area contributed by atoms with Crippen molar-refractivity contribution >= 4 is 31.3 Å². The van der Waals surface area contributed by atoms with Gasteiger partial charge in [0.2, 0.25) is 0 Å². The molecule has 1 radical (unpaired) electrons. The predicted molar refractivity (Wildman–Crippen MR) is 21.6 cm³/mol. The van der Waals surface area contributed by atoms with Crippen molar-refractivity contribution in [2.45, 2.75) is 0 Å². The van der Waals surface area contributed by atoms with Crippen molar-refractivity contribution < 1.29 is 33.3 Å². The normalized spacial score (nSPS) is 0. The van der Waals surface area contributed by atoms with Crippen LogP contribution < -0.4 is 0 Å². The van der Waals surface area contributed by atoms with E-state index in [1.165, 1.54) is 0 Å². The maximum atomic E-state index is 0. The summed E-state index contributed by atoms with van der Waals surface area (Å²) in [6.45, 7) is 0. The first kappa shape index (κ1) is 84.1. The Kier molecular flexibility index (Phi) is 806. The van der Waals surface area contributed by atoms with Gasteiger partial charge in [-0.25, -0.2) is 0 Å². The van der Waals surface area contributed by atoms with Gasteiger partial charge in [0.05, 0.1) is 0 Å². The van der Waals surface area contributed by atoms with Crippen LogP contribution in [0.2, 0.25) is 0 Å². The quantitative estimate of drug-likeness (QED) is 0.465. The van der Waals surface area contributed by atoms with Gasteiger partial charge in [-0.2, -0.15) is 0 Å². The molecule has 4 N–H and O–H groups in total. The van der Waals surface area contributed by atoms with Crippen LogP contribution in [0.15, 0.2) is 0 Å². The van der Waals surface area contributed by atoms with Crippen molar-refractivity contribution in [2.75, 3.05) is 0 Å². The third-order valence-corrected chi connectivity index (χ3v) is 0. The van der Waals surface area contributed by atoms with E-state index in [2.05, 4.69) is 0 Å². The predicted octanol–water partition coefficient (Wildman–Crippen LogP) is -1.88. The van der Waals surface area contributed by atoms with E-state index in [0.29, 0.717) is 0 Å². The van der Waals surface area contributed by atoms with Crippen molar-refractivity contribution in [1.29, 1.82) is 0 Å². The Morgan fingerprint density at radius 3 is 0.800 bits per heavy atom. The molecule has 0 aromatic heterocycles. The van der Waals surface area contributed by atoms with Gasteiger partial charge in [-0.15, -0.1) is 12.4 Å². The first-order valence-corrected chi connectivity index (χ1v) is 0. The molecule has 0 aliphatic carbocycles. The maximum absolute atomic E-state index is 0. The molecule has 0 spiro atoms. The van der Waals surface area contributed by atoms with Crippen LogP contribution in [0.4, 0.5) is 0 Å². The van der Waals surface area contributed by atoms with Crippen LogP contribution in [-0.4, -0.2) is 29.8 Å². The Morgan fingerprint density at radius 2 is 0.800 bits per heavy atom. The fourth-order valence-corrected chi connectivity index (χ4v) is 0. The molecular formula is H6AuClLiO2. The molecule has 0 bridgehead atoms. The topological polar surface area (TPSA) is 63.0 Å². The molecule has 0 saturated carbocycles. The third kappa shape index (κ3) is 29.2. The van der Waals surface area contributed by atoms with E-state index in [1.54, 1.807) is 0 Å². The zero-order valence-electron chi connectivity index (χ0n) is 1.71. The monoisotopic (exact) mass is 277 g/mol. The van der Waals surface area contributed by atoms with E-state index < -0.39 is 0 Å². The molecule has 0 rings (SSSR count). The molecule has 0 aromatic rings. The second-order valence-corrected chi connectivity index (χ2v) is 0. The van der Waals surface area contributed by atoms with Gasteiger partial charge in [0.1, 0.15) is 0 Å². The summed E-state index contributed by atoms with van der Waals surface area (Å²) in [6, 6.07) is 0. The van der Waals surface area contributed by atoms with Crippen molar-refractivity contribution in [3.8, 4) is 0 Å². The molecule has 0 atom stereocenters. The van der Waals surface area contributed by atoms with Crippen LogP contribution in [0.1, 0.15) is 0 Å². The minimum atomic E-state index is 0. The molecular weight excluding hydrogens is 271 g/mol. The Labute approximate surface area is 64.4 Å². The van der Waals surface area contributed by atoms with Crippen LogP contribution in [0, 0.1) is 0 Å². The Bertz CT molecular complexity index is 9.61. The van der Waals surface area contributed by atoms with Gasteiger partial charge in [0, 0.05) is 22.4 Å². The van der Waals surface area contributed by atoms with Gasteiger partial charge in [-0.1, -0.05) is 0 Å². The zero-order chi connectivity index (χ0) is 0. The van der Waals surface area contributed by atoms with Crippen molar-refractivity contribution in [2.24, 2.45) is 0 Å². The van der Waals surface area contributed by atoms with Gasteiger partial charge >= 0.3 is 18.9 Å².